The minimum absolute atomic E-state index is 0.0363. The highest BCUT2D eigenvalue weighted by molar-refractivity contribution is 7.13. The molecule has 0 aliphatic carbocycles. The van der Waals surface area contributed by atoms with Gasteiger partial charge in [-0.3, -0.25) is 23.7 Å². The van der Waals surface area contributed by atoms with Crippen molar-refractivity contribution < 1.29 is 19.2 Å². The first-order chi connectivity index (χ1) is 14.9. The third-order valence-corrected chi connectivity index (χ3v) is 6.04. The number of fused-ring (bicyclic) bond motifs is 1. The molecule has 0 radical (unpaired) electrons. The summed E-state index contributed by atoms with van der Waals surface area (Å²) in [6.07, 6.45) is -0.582. The van der Waals surface area contributed by atoms with Gasteiger partial charge in [0.1, 0.15) is 12.3 Å². The SMILES string of the molecule is O=C(Cn1sc2ccccc2c1=O)N1CCN(C(=O)Oc2ccc([N+](=O)[O-])cc2)CC1. The molecule has 0 saturated carbocycles. The van der Waals surface area contributed by atoms with Crippen molar-refractivity contribution in [1.29, 1.82) is 0 Å². The van der Waals surface area contributed by atoms with Crippen molar-refractivity contribution in [2.75, 3.05) is 26.2 Å². The highest BCUT2D eigenvalue weighted by atomic mass is 32.1. The van der Waals surface area contributed by atoms with E-state index in [-0.39, 0.29) is 29.4 Å². The summed E-state index contributed by atoms with van der Waals surface area (Å²) in [5.74, 6) is 0.0234. The molecule has 0 bridgehead atoms. The van der Waals surface area contributed by atoms with Crippen LogP contribution >= 0.6 is 11.5 Å². The lowest BCUT2D eigenvalue weighted by Gasteiger charge is -2.34. The second-order valence-corrected chi connectivity index (χ2v) is 7.98. The van der Waals surface area contributed by atoms with E-state index < -0.39 is 11.0 Å². The number of nitrogens with zero attached hydrogens (tertiary/aromatic N) is 4. The first-order valence-corrected chi connectivity index (χ1v) is 10.3. The molecule has 10 nitrogen and oxygen atoms in total. The van der Waals surface area contributed by atoms with E-state index in [1.165, 1.54) is 44.7 Å². The molecular weight excluding hydrogens is 424 g/mol. The van der Waals surface area contributed by atoms with Crippen LogP contribution in [-0.2, 0) is 11.3 Å². The van der Waals surface area contributed by atoms with Crippen LogP contribution in [0, 0.1) is 10.1 Å². The molecule has 4 rings (SSSR count). The molecule has 11 heteroatoms. The number of nitro benzene ring substituents is 1. The molecule has 0 N–H and O–H groups in total. The molecule has 1 aliphatic heterocycles. The zero-order valence-corrected chi connectivity index (χ0v) is 17.1. The number of hydrogen-bond donors (Lipinski definition) is 0. The standard InChI is InChI=1S/C20H18N4O6S/c25-18(13-23-19(26)16-3-1-2-4-17(16)31-23)21-9-11-22(12-10-21)20(27)30-15-7-5-14(6-8-15)24(28)29/h1-8H,9-13H2. The van der Waals surface area contributed by atoms with E-state index in [0.29, 0.717) is 31.6 Å². The maximum absolute atomic E-state index is 12.6. The van der Waals surface area contributed by atoms with Gasteiger partial charge in [-0.15, -0.1) is 0 Å². The number of piperazine rings is 1. The van der Waals surface area contributed by atoms with Crippen LogP contribution in [0.15, 0.2) is 53.3 Å². The van der Waals surface area contributed by atoms with Crippen molar-refractivity contribution in [3.05, 3.63) is 69.0 Å². The molecule has 0 unspecified atom stereocenters. The van der Waals surface area contributed by atoms with Crippen LogP contribution in [-0.4, -0.2) is 56.9 Å². The molecular formula is C20H18N4O6S. The second-order valence-electron chi connectivity index (χ2n) is 6.92. The molecule has 0 spiro atoms. The van der Waals surface area contributed by atoms with Gasteiger partial charge in [0.2, 0.25) is 5.91 Å². The predicted molar refractivity (Wildman–Crippen MR) is 113 cm³/mol. The summed E-state index contributed by atoms with van der Waals surface area (Å²) in [6.45, 7) is 1.20. The zero-order valence-electron chi connectivity index (χ0n) is 16.3. The molecule has 1 aliphatic rings. The summed E-state index contributed by atoms with van der Waals surface area (Å²) in [4.78, 5) is 50.6. The van der Waals surface area contributed by atoms with E-state index in [2.05, 4.69) is 0 Å². The van der Waals surface area contributed by atoms with Crippen LogP contribution < -0.4 is 10.3 Å². The monoisotopic (exact) mass is 442 g/mol. The molecule has 2 amide bonds. The summed E-state index contributed by atoms with van der Waals surface area (Å²) in [6, 6.07) is 12.5. The van der Waals surface area contributed by atoms with Gasteiger partial charge in [-0.05, 0) is 24.3 Å². The van der Waals surface area contributed by atoms with Crippen LogP contribution in [0.1, 0.15) is 0 Å². The lowest BCUT2D eigenvalue weighted by atomic mass is 10.3. The number of nitro groups is 1. The second kappa shape index (κ2) is 8.56. The minimum Gasteiger partial charge on any atom is -0.410 e. The Balaban J connectivity index is 1.31. The molecule has 160 valence electrons. The van der Waals surface area contributed by atoms with Gasteiger partial charge in [0.15, 0.2) is 0 Å². The number of ether oxygens (including phenoxy) is 1. The normalized spacial score (nSPS) is 13.9. The van der Waals surface area contributed by atoms with E-state index in [9.17, 15) is 24.5 Å². The Morgan fingerprint density at radius 3 is 2.29 bits per heavy atom. The fourth-order valence-electron chi connectivity index (χ4n) is 3.28. The number of carbonyl (C=O) groups excluding carboxylic acids is 2. The van der Waals surface area contributed by atoms with Gasteiger partial charge < -0.3 is 14.5 Å². The van der Waals surface area contributed by atoms with E-state index in [4.69, 9.17) is 4.74 Å². The molecule has 1 aromatic heterocycles. The van der Waals surface area contributed by atoms with Crippen LogP contribution in [0.5, 0.6) is 5.75 Å². The van der Waals surface area contributed by atoms with Gasteiger partial charge in [-0.2, -0.15) is 0 Å². The highest BCUT2D eigenvalue weighted by Crippen LogP contribution is 2.19. The molecule has 0 atom stereocenters. The van der Waals surface area contributed by atoms with E-state index in [0.717, 1.165) is 4.70 Å². The summed E-state index contributed by atoms with van der Waals surface area (Å²) < 4.78 is 7.53. The van der Waals surface area contributed by atoms with Gasteiger partial charge in [0.25, 0.3) is 11.2 Å². The minimum atomic E-state index is -0.582. The molecule has 1 saturated heterocycles. The maximum atomic E-state index is 12.6. The number of amides is 2. The van der Waals surface area contributed by atoms with Crippen molar-refractivity contribution in [2.45, 2.75) is 6.54 Å². The molecule has 3 aromatic rings. The average Bonchev–Trinajstić information content (AvgIpc) is 3.09. The fraction of sp³-hybridized carbons (Fsp3) is 0.250. The predicted octanol–water partition coefficient (Wildman–Crippen LogP) is 2.31. The fourth-order valence-corrected chi connectivity index (χ4v) is 4.27. The number of benzene rings is 2. The summed E-state index contributed by atoms with van der Waals surface area (Å²) in [5, 5.41) is 11.3. The Morgan fingerprint density at radius 2 is 1.65 bits per heavy atom. The third-order valence-electron chi connectivity index (χ3n) is 4.97. The smallest absolute Gasteiger partial charge is 0.410 e. The maximum Gasteiger partial charge on any atom is 0.415 e. The van der Waals surface area contributed by atoms with Crippen molar-refractivity contribution in [2.24, 2.45) is 0 Å². The van der Waals surface area contributed by atoms with Gasteiger partial charge in [0.05, 0.1) is 15.0 Å². The molecule has 31 heavy (non-hydrogen) atoms. The van der Waals surface area contributed by atoms with E-state index in [1.54, 1.807) is 17.0 Å². The van der Waals surface area contributed by atoms with Gasteiger partial charge in [-0.1, -0.05) is 23.7 Å². The summed E-state index contributed by atoms with van der Waals surface area (Å²) in [5.41, 5.74) is -0.274. The highest BCUT2D eigenvalue weighted by Gasteiger charge is 2.26. The molecule has 2 heterocycles. The largest absolute Gasteiger partial charge is 0.415 e. The first kappa shape index (κ1) is 20.5. The van der Waals surface area contributed by atoms with Crippen LogP contribution in [0.2, 0.25) is 0 Å². The van der Waals surface area contributed by atoms with Crippen LogP contribution in [0.4, 0.5) is 10.5 Å². The third kappa shape index (κ3) is 4.40. The lowest BCUT2D eigenvalue weighted by Crippen LogP contribution is -2.52. The van der Waals surface area contributed by atoms with Crippen molar-refractivity contribution in [3.8, 4) is 5.75 Å². The zero-order chi connectivity index (χ0) is 22.0. The van der Waals surface area contributed by atoms with Crippen molar-refractivity contribution in [1.82, 2.24) is 13.8 Å². The van der Waals surface area contributed by atoms with Crippen molar-refractivity contribution >= 4 is 39.3 Å². The van der Waals surface area contributed by atoms with Crippen molar-refractivity contribution in [3.63, 3.8) is 0 Å². The lowest BCUT2D eigenvalue weighted by molar-refractivity contribution is -0.384. The number of aromatic nitrogens is 1. The quantitative estimate of drug-likeness (QED) is 0.452. The molecule has 1 fully saturated rings. The van der Waals surface area contributed by atoms with E-state index in [1.807, 2.05) is 12.1 Å². The molecule has 2 aromatic carbocycles. The van der Waals surface area contributed by atoms with Gasteiger partial charge in [0, 0.05) is 38.3 Å². The Labute approximate surface area is 180 Å². The van der Waals surface area contributed by atoms with Gasteiger partial charge >= 0.3 is 6.09 Å². The van der Waals surface area contributed by atoms with Crippen LogP contribution in [0.3, 0.4) is 0 Å². The number of hydrogen-bond acceptors (Lipinski definition) is 7. The Hall–Kier alpha value is -3.73. The Kier molecular flexibility index (Phi) is 5.67. The summed E-state index contributed by atoms with van der Waals surface area (Å²) in [7, 11) is 0. The number of carbonyl (C=O) groups is 2. The first-order valence-electron chi connectivity index (χ1n) is 9.50. The average molecular weight is 442 g/mol. The summed E-state index contributed by atoms with van der Waals surface area (Å²) >= 11 is 1.26. The Bertz CT molecular complexity index is 1190. The van der Waals surface area contributed by atoms with Crippen LogP contribution in [0.25, 0.3) is 10.1 Å². The van der Waals surface area contributed by atoms with E-state index >= 15 is 0 Å². The van der Waals surface area contributed by atoms with Gasteiger partial charge in [-0.25, -0.2) is 4.79 Å². The number of rotatable bonds is 4. The topological polar surface area (TPSA) is 115 Å². The Morgan fingerprint density at radius 1 is 1.00 bits per heavy atom. The number of non-ortho nitro benzene ring substituents is 1.